The van der Waals surface area contributed by atoms with Gasteiger partial charge in [-0.3, -0.25) is 9.59 Å². The summed E-state index contributed by atoms with van der Waals surface area (Å²) in [7, 11) is 0. The van der Waals surface area contributed by atoms with Gasteiger partial charge in [-0.2, -0.15) is 13.2 Å². The van der Waals surface area contributed by atoms with Gasteiger partial charge >= 0.3 is 12.3 Å². The molecule has 1 fully saturated rings. The van der Waals surface area contributed by atoms with Crippen molar-refractivity contribution in [2.24, 2.45) is 11.8 Å². The van der Waals surface area contributed by atoms with Crippen molar-refractivity contribution in [1.82, 2.24) is 10.6 Å². The molecule has 1 saturated carbocycles. The summed E-state index contributed by atoms with van der Waals surface area (Å²) in [4.78, 5) is 37.1. The maximum absolute atomic E-state index is 12.9. The van der Waals surface area contributed by atoms with E-state index in [0.29, 0.717) is 19.4 Å². The summed E-state index contributed by atoms with van der Waals surface area (Å²) in [6.45, 7) is 2.11. The van der Waals surface area contributed by atoms with E-state index in [0.717, 1.165) is 30.5 Å². The number of Topliss-reactive ketones (excluding diaryl/α,β-unsaturated/α-hetero) is 1. The molecule has 0 aliphatic heterocycles. The number of hydrogen-bond donors (Lipinski definition) is 2. The van der Waals surface area contributed by atoms with Gasteiger partial charge in [0.15, 0.2) is 5.78 Å². The van der Waals surface area contributed by atoms with Crippen LogP contribution in [0.4, 0.5) is 18.0 Å². The summed E-state index contributed by atoms with van der Waals surface area (Å²) < 4.78 is 43.9. The number of amides is 2. The molecule has 0 bridgehead atoms. The van der Waals surface area contributed by atoms with E-state index >= 15 is 0 Å². The number of carbonyl (C=O) groups excluding carboxylic acids is 3. The molecule has 1 unspecified atom stereocenters. The molecule has 9 heteroatoms. The van der Waals surface area contributed by atoms with Crippen LogP contribution in [-0.2, 0) is 22.3 Å². The van der Waals surface area contributed by atoms with Crippen LogP contribution in [0.5, 0.6) is 0 Å². The van der Waals surface area contributed by atoms with E-state index in [4.69, 9.17) is 4.74 Å². The van der Waals surface area contributed by atoms with E-state index in [-0.39, 0.29) is 29.9 Å². The normalized spacial score (nSPS) is 18.9. The Morgan fingerprint density at radius 2 is 1.69 bits per heavy atom. The van der Waals surface area contributed by atoms with Crippen LogP contribution in [-0.4, -0.2) is 30.4 Å². The van der Waals surface area contributed by atoms with Gasteiger partial charge in [0.25, 0.3) is 0 Å². The molecule has 0 spiro atoms. The van der Waals surface area contributed by atoms with Gasteiger partial charge in [0.2, 0.25) is 5.91 Å². The standard InChI is InChI=1S/C26H29F3N2O4/c1-17(23(32)21-8-5-9-22(14-21)26(27,28)29)31-24(33)20-12-10-18(11-13-20)15-30-25(34)35-16-19-6-3-2-4-7-19/h2-9,14,17-18,20H,10-13,15-16H2,1H3,(H,30,34)(H,31,33)/t17?,18-,20-. The Morgan fingerprint density at radius 1 is 1.00 bits per heavy atom. The molecule has 35 heavy (non-hydrogen) atoms. The topological polar surface area (TPSA) is 84.5 Å². The van der Waals surface area contributed by atoms with Gasteiger partial charge in [-0.05, 0) is 56.2 Å². The lowest BCUT2D eigenvalue weighted by Crippen LogP contribution is -2.43. The average Bonchev–Trinajstić information content (AvgIpc) is 2.86. The number of ketones is 1. The molecule has 0 saturated heterocycles. The van der Waals surface area contributed by atoms with Crippen molar-refractivity contribution in [3.8, 4) is 0 Å². The van der Waals surface area contributed by atoms with E-state index in [9.17, 15) is 27.6 Å². The number of nitrogens with one attached hydrogen (secondary N) is 2. The highest BCUT2D eigenvalue weighted by atomic mass is 19.4. The molecular formula is C26H29F3N2O4. The van der Waals surface area contributed by atoms with Gasteiger partial charge in [-0.1, -0.05) is 42.5 Å². The number of halogens is 3. The molecule has 1 atom stereocenters. The number of ether oxygens (including phenoxy) is 1. The highest BCUT2D eigenvalue weighted by Gasteiger charge is 2.32. The Morgan fingerprint density at radius 3 is 2.34 bits per heavy atom. The number of alkyl halides is 3. The van der Waals surface area contributed by atoms with E-state index < -0.39 is 29.7 Å². The first kappa shape index (κ1) is 26.2. The summed E-state index contributed by atoms with van der Waals surface area (Å²) in [6, 6.07) is 12.6. The lowest BCUT2D eigenvalue weighted by Gasteiger charge is -2.28. The lowest BCUT2D eigenvalue weighted by atomic mass is 9.81. The Labute approximate surface area is 202 Å². The van der Waals surface area contributed by atoms with Crippen molar-refractivity contribution in [1.29, 1.82) is 0 Å². The second-order valence-corrected chi connectivity index (χ2v) is 8.83. The second-order valence-electron chi connectivity index (χ2n) is 8.83. The zero-order valence-corrected chi connectivity index (χ0v) is 19.4. The number of carbonyl (C=O) groups is 3. The third-order valence-electron chi connectivity index (χ3n) is 6.19. The zero-order chi connectivity index (χ0) is 25.4. The van der Waals surface area contributed by atoms with Gasteiger partial charge in [0.05, 0.1) is 11.6 Å². The van der Waals surface area contributed by atoms with Crippen LogP contribution < -0.4 is 10.6 Å². The molecule has 0 heterocycles. The number of benzene rings is 2. The smallest absolute Gasteiger partial charge is 0.416 e. The summed E-state index contributed by atoms with van der Waals surface area (Å²) >= 11 is 0. The van der Waals surface area contributed by atoms with E-state index in [1.54, 1.807) is 0 Å². The molecule has 2 aromatic rings. The largest absolute Gasteiger partial charge is 0.445 e. The Hall–Kier alpha value is -3.36. The fraction of sp³-hybridized carbons (Fsp3) is 0.423. The third kappa shape index (κ3) is 7.83. The minimum atomic E-state index is -4.55. The molecule has 2 N–H and O–H groups in total. The first-order valence-corrected chi connectivity index (χ1v) is 11.6. The molecule has 0 radical (unpaired) electrons. The van der Waals surface area contributed by atoms with Crippen LogP contribution in [0.25, 0.3) is 0 Å². The molecule has 188 valence electrons. The molecule has 1 aliphatic carbocycles. The summed E-state index contributed by atoms with van der Waals surface area (Å²) in [6.07, 6.45) is -2.38. The first-order chi connectivity index (χ1) is 16.6. The molecule has 2 aromatic carbocycles. The van der Waals surface area contributed by atoms with Crippen molar-refractivity contribution in [3.63, 3.8) is 0 Å². The average molecular weight is 491 g/mol. The molecule has 2 amide bonds. The van der Waals surface area contributed by atoms with Crippen molar-refractivity contribution < 1.29 is 32.3 Å². The van der Waals surface area contributed by atoms with E-state index in [1.807, 2.05) is 30.3 Å². The zero-order valence-electron chi connectivity index (χ0n) is 19.4. The van der Waals surface area contributed by atoms with E-state index in [2.05, 4.69) is 10.6 Å². The van der Waals surface area contributed by atoms with Crippen molar-refractivity contribution >= 4 is 17.8 Å². The predicted molar refractivity (Wildman–Crippen MR) is 123 cm³/mol. The molecule has 0 aromatic heterocycles. The van der Waals surface area contributed by atoms with Crippen LogP contribution >= 0.6 is 0 Å². The molecule has 3 rings (SSSR count). The Bertz CT molecular complexity index is 1020. The fourth-order valence-electron chi connectivity index (χ4n) is 4.13. The Kier molecular flexibility index (Phi) is 8.89. The number of alkyl carbamates (subject to hydrolysis) is 1. The highest BCUT2D eigenvalue weighted by Crippen LogP contribution is 2.30. The summed E-state index contributed by atoms with van der Waals surface area (Å²) in [5.41, 5.74) is -0.103. The number of hydrogen-bond acceptors (Lipinski definition) is 4. The quantitative estimate of drug-likeness (QED) is 0.503. The summed E-state index contributed by atoms with van der Waals surface area (Å²) in [5.74, 6) is -0.927. The number of rotatable bonds is 8. The monoisotopic (exact) mass is 490 g/mol. The van der Waals surface area contributed by atoms with Crippen molar-refractivity contribution in [3.05, 3.63) is 71.3 Å². The third-order valence-corrected chi connectivity index (χ3v) is 6.19. The van der Waals surface area contributed by atoms with Crippen LogP contribution in [0.3, 0.4) is 0 Å². The van der Waals surface area contributed by atoms with Gasteiger partial charge < -0.3 is 15.4 Å². The van der Waals surface area contributed by atoms with Crippen LogP contribution in [0.1, 0.15) is 54.1 Å². The van der Waals surface area contributed by atoms with E-state index in [1.165, 1.54) is 19.1 Å². The molecular weight excluding hydrogens is 461 g/mol. The van der Waals surface area contributed by atoms with Gasteiger partial charge in [0, 0.05) is 18.0 Å². The van der Waals surface area contributed by atoms with Crippen LogP contribution in [0.2, 0.25) is 0 Å². The SMILES string of the molecule is CC(NC(=O)[C@H]1CC[C@H](CNC(=O)OCc2ccccc2)CC1)C(=O)c1cccc(C(F)(F)F)c1. The minimum absolute atomic E-state index is 0.0958. The maximum atomic E-state index is 12.9. The molecule has 1 aliphatic rings. The van der Waals surface area contributed by atoms with Crippen LogP contribution in [0, 0.1) is 11.8 Å². The first-order valence-electron chi connectivity index (χ1n) is 11.6. The minimum Gasteiger partial charge on any atom is -0.445 e. The van der Waals surface area contributed by atoms with Crippen LogP contribution in [0.15, 0.2) is 54.6 Å². The van der Waals surface area contributed by atoms with Gasteiger partial charge in [-0.25, -0.2) is 4.79 Å². The van der Waals surface area contributed by atoms with Crippen molar-refractivity contribution in [2.45, 2.75) is 51.4 Å². The fourth-order valence-corrected chi connectivity index (χ4v) is 4.13. The Balaban J connectivity index is 1.39. The van der Waals surface area contributed by atoms with Crippen molar-refractivity contribution in [2.75, 3.05) is 6.54 Å². The highest BCUT2D eigenvalue weighted by molar-refractivity contribution is 6.02. The maximum Gasteiger partial charge on any atom is 0.416 e. The summed E-state index contributed by atoms with van der Waals surface area (Å²) in [5, 5.41) is 5.40. The predicted octanol–water partition coefficient (Wildman–Crippen LogP) is 5.13. The van der Waals surface area contributed by atoms with Gasteiger partial charge in [0.1, 0.15) is 6.61 Å². The lowest BCUT2D eigenvalue weighted by molar-refractivity contribution is -0.137. The van der Waals surface area contributed by atoms with Gasteiger partial charge in [-0.15, -0.1) is 0 Å². The second kappa shape index (κ2) is 11.9. The molecule has 6 nitrogen and oxygen atoms in total.